The van der Waals surface area contributed by atoms with Crippen LogP contribution in [0.4, 0.5) is 11.4 Å². The molecule has 0 aromatic heterocycles. The second-order valence-electron chi connectivity index (χ2n) is 3.74. The Morgan fingerprint density at radius 2 is 2.22 bits per heavy atom. The molecular weight excluding hydrogens is 252 g/mol. The number of halogens is 1. The van der Waals surface area contributed by atoms with Crippen molar-refractivity contribution >= 4 is 23.0 Å². The zero-order valence-corrected chi connectivity index (χ0v) is 11.2. The van der Waals surface area contributed by atoms with Crippen LogP contribution in [0.2, 0.25) is 5.02 Å². The topological polar surface area (TPSA) is 46.4 Å². The van der Waals surface area contributed by atoms with Crippen molar-refractivity contribution in [3.05, 3.63) is 33.3 Å². The quantitative estimate of drug-likeness (QED) is 0.466. The van der Waals surface area contributed by atoms with Crippen LogP contribution in [0.1, 0.15) is 20.3 Å². The molecule has 0 atom stereocenters. The fraction of sp³-hybridized carbons (Fsp3) is 0.385. The number of hydrogen-bond donors (Lipinski definition) is 0. The molecule has 0 spiro atoms. The van der Waals surface area contributed by atoms with Crippen LogP contribution < -0.4 is 4.90 Å². The Hall–Kier alpha value is -1.73. The van der Waals surface area contributed by atoms with Gasteiger partial charge in [-0.05, 0) is 19.4 Å². The zero-order chi connectivity index (χ0) is 13.5. The summed E-state index contributed by atoms with van der Waals surface area (Å²) in [6, 6.07) is 4.51. The van der Waals surface area contributed by atoms with E-state index in [1.165, 1.54) is 12.1 Å². The summed E-state index contributed by atoms with van der Waals surface area (Å²) < 4.78 is 0. The summed E-state index contributed by atoms with van der Waals surface area (Å²) in [6.45, 7) is 5.22. The van der Waals surface area contributed by atoms with E-state index in [-0.39, 0.29) is 5.69 Å². The second-order valence-corrected chi connectivity index (χ2v) is 4.15. The summed E-state index contributed by atoms with van der Waals surface area (Å²) in [5.41, 5.74) is 0.786. The normalized spacial score (nSPS) is 9.50. The Balaban J connectivity index is 3.03. The third-order valence-corrected chi connectivity index (χ3v) is 2.73. The van der Waals surface area contributed by atoms with E-state index in [0.29, 0.717) is 11.6 Å². The van der Waals surface area contributed by atoms with Crippen molar-refractivity contribution in [2.24, 2.45) is 0 Å². The largest absolute Gasteiger partial charge is 0.359 e. The average molecular weight is 267 g/mol. The van der Waals surface area contributed by atoms with E-state index in [1.54, 1.807) is 13.0 Å². The van der Waals surface area contributed by atoms with E-state index in [9.17, 15) is 10.1 Å². The summed E-state index contributed by atoms with van der Waals surface area (Å²) in [5.74, 6) is 5.81. The molecule has 1 rings (SSSR count). The average Bonchev–Trinajstić information content (AvgIpc) is 2.34. The van der Waals surface area contributed by atoms with Crippen molar-refractivity contribution in [3.63, 3.8) is 0 Å². The fourth-order valence-electron chi connectivity index (χ4n) is 1.59. The van der Waals surface area contributed by atoms with Crippen molar-refractivity contribution in [1.29, 1.82) is 0 Å². The van der Waals surface area contributed by atoms with Crippen LogP contribution in [-0.2, 0) is 0 Å². The van der Waals surface area contributed by atoms with E-state index in [4.69, 9.17) is 11.6 Å². The lowest BCUT2D eigenvalue weighted by atomic mass is 10.2. The van der Waals surface area contributed by atoms with Gasteiger partial charge in [0.2, 0.25) is 0 Å². The number of non-ortho nitro benzene ring substituents is 1. The van der Waals surface area contributed by atoms with Gasteiger partial charge in [0.05, 0.1) is 22.2 Å². The van der Waals surface area contributed by atoms with E-state index in [0.717, 1.165) is 18.7 Å². The number of nitro groups is 1. The number of rotatable bonds is 5. The van der Waals surface area contributed by atoms with Gasteiger partial charge >= 0.3 is 0 Å². The molecule has 0 radical (unpaired) electrons. The molecule has 4 nitrogen and oxygen atoms in total. The first-order valence-corrected chi connectivity index (χ1v) is 6.06. The van der Waals surface area contributed by atoms with Gasteiger partial charge in [0.1, 0.15) is 0 Å². The van der Waals surface area contributed by atoms with Crippen LogP contribution in [0.5, 0.6) is 0 Å². The van der Waals surface area contributed by atoms with Gasteiger partial charge in [-0.2, -0.15) is 0 Å². The first-order valence-electron chi connectivity index (χ1n) is 5.68. The third kappa shape index (κ3) is 3.64. The van der Waals surface area contributed by atoms with Crippen LogP contribution >= 0.6 is 11.6 Å². The molecule has 0 saturated carbocycles. The van der Waals surface area contributed by atoms with Crippen molar-refractivity contribution in [1.82, 2.24) is 0 Å². The Labute approximate surface area is 112 Å². The standard InChI is InChI=1S/C13H15ClN2O2/c1-3-5-9-15(8-4-2)13-7-6-11(16(17)18)10-12(13)14/h6-7,10H,4,8-9H2,1-2H3. The summed E-state index contributed by atoms with van der Waals surface area (Å²) in [5, 5.41) is 11.0. The van der Waals surface area contributed by atoms with Crippen LogP contribution in [0.3, 0.4) is 0 Å². The van der Waals surface area contributed by atoms with Gasteiger partial charge in [-0.15, -0.1) is 5.92 Å². The van der Waals surface area contributed by atoms with Crippen LogP contribution in [-0.4, -0.2) is 18.0 Å². The minimum atomic E-state index is -0.453. The van der Waals surface area contributed by atoms with E-state index in [2.05, 4.69) is 18.8 Å². The smallest absolute Gasteiger partial charge is 0.271 e. The SMILES string of the molecule is CC#CCN(CCC)c1ccc([N+](=O)[O-])cc1Cl. The van der Waals surface area contributed by atoms with Gasteiger partial charge in [0, 0.05) is 18.7 Å². The minimum absolute atomic E-state index is 0.00164. The first-order chi connectivity index (χ1) is 8.60. The third-order valence-electron chi connectivity index (χ3n) is 2.42. The van der Waals surface area contributed by atoms with Crippen LogP contribution in [0.25, 0.3) is 0 Å². The maximum Gasteiger partial charge on any atom is 0.271 e. The van der Waals surface area contributed by atoms with Gasteiger partial charge in [0.25, 0.3) is 5.69 Å². The lowest BCUT2D eigenvalue weighted by molar-refractivity contribution is -0.384. The molecule has 0 heterocycles. The molecule has 0 N–H and O–H groups in total. The molecule has 0 aliphatic carbocycles. The maximum atomic E-state index is 10.6. The summed E-state index contributed by atoms with van der Waals surface area (Å²) >= 11 is 6.09. The summed E-state index contributed by atoms with van der Waals surface area (Å²) in [4.78, 5) is 12.2. The second kappa shape index (κ2) is 6.87. The number of benzene rings is 1. The van der Waals surface area contributed by atoms with E-state index in [1.807, 2.05) is 4.90 Å². The molecule has 18 heavy (non-hydrogen) atoms. The van der Waals surface area contributed by atoms with Crippen LogP contribution in [0, 0.1) is 22.0 Å². The number of nitro benzene ring substituents is 1. The molecule has 0 unspecified atom stereocenters. The Bertz CT molecular complexity index is 491. The summed E-state index contributed by atoms with van der Waals surface area (Å²) in [7, 11) is 0. The van der Waals surface area contributed by atoms with Gasteiger partial charge in [0.15, 0.2) is 0 Å². The molecule has 0 amide bonds. The molecule has 0 fully saturated rings. The molecule has 1 aromatic carbocycles. The van der Waals surface area contributed by atoms with E-state index >= 15 is 0 Å². The van der Waals surface area contributed by atoms with Gasteiger partial charge in [-0.1, -0.05) is 24.4 Å². The van der Waals surface area contributed by atoms with Gasteiger partial charge in [-0.3, -0.25) is 10.1 Å². The molecule has 0 bridgehead atoms. The molecule has 0 aliphatic heterocycles. The van der Waals surface area contributed by atoms with Crippen LogP contribution in [0.15, 0.2) is 18.2 Å². The number of hydrogen-bond acceptors (Lipinski definition) is 3. The van der Waals surface area contributed by atoms with Gasteiger partial charge < -0.3 is 4.90 Å². The lowest BCUT2D eigenvalue weighted by Crippen LogP contribution is -2.24. The highest BCUT2D eigenvalue weighted by Gasteiger charge is 2.13. The lowest BCUT2D eigenvalue weighted by Gasteiger charge is -2.22. The summed E-state index contributed by atoms with van der Waals surface area (Å²) in [6.07, 6.45) is 0.957. The predicted octanol–water partition coefficient (Wildman–Crippen LogP) is 3.49. The molecule has 5 heteroatoms. The van der Waals surface area contributed by atoms with Crippen molar-refractivity contribution in [2.75, 3.05) is 18.0 Å². The highest BCUT2D eigenvalue weighted by Crippen LogP contribution is 2.29. The van der Waals surface area contributed by atoms with E-state index < -0.39 is 4.92 Å². The molecule has 0 aliphatic rings. The fourth-order valence-corrected chi connectivity index (χ4v) is 1.89. The molecular formula is C13H15ClN2O2. The Kier molecular flexibility index (Phi) is 5.47. The number of nitrogens with zero attached hydrogens (tertiary/aromatic N) is 2. The van der Waals surface area contributed by atoms with Gasteiger partial charge in [-0.25, -0.2) is 0 Å². The molecule has 96 valence electrons. The first kappa shape index (κ1) is 14.3. The predicted molar refractivity (Wildman–Crippen MR) is 74.1 cm³/mol. The monoisotopic (exact) mass is 266 g/mol. The molecule has 1 aromatic rings. The maximum absolute atomic E-state index is 10.6. The van der Waals surface area contributed by atoms with Crippen molar-refractivity contribution < 1.29 is 4.92 Å². The zero-order valence-electron chi connectivity index (χ0n) is 10.4. The molecule has 0 saturated heterocycles. The number of anilines is 1. The van der Waals surface area contributed by atoms with Crippen molar-refractivity contribution in [2.45, 2.75) is 20.3 Å². The highest BCUT2D eigenvalue weighted by molar-refractivity contribution is 6.33. The Morgan fingerprint density at radius 1 is 1.50 bits per heavy atom. The highest BCUT2D eigenvalue weighted by atomic mass is 35.5. The minimum Gasteiger partial charge on any atom is -0.359 e. The van der Waals surface area contributed by atoms with Crippen molar-refractivity contribution in [3.8, 4) is 11.8 Å². The Morgan fingerprint density at radius 3 is 2.72 bits per heavy atom.